The Morgan fingerprint density at radius 3 is 1.54 bits per heavy atom. The second-order valence-corrected chi connectivity index (χ2v) is 8.65. The number of pyridine rings is 2. The average Bonchev–Trinajstić information content (AvgIpc) is 3.68. The molecule has 0 aliphatic heterocycles. The van der Waals surface area contributed by atoms with Crippen molar-refractivity contribution in [1.82, 2.24) is 43.6 Å². The fraction of sp³-hybridized carbons (Fsp3) is 0. The second-order valence-electron chi connectivity index (χ2n) is 8.65. The van der Waals surface area contributed by atoms with E-state index in [1.54, 1.807) is 29.5 Å². The summed E-state index contributed by atoms with van der Waals surface area (Å²) < 4.78 is 5.86. The van der Waals surface area contributed by atoms with Crippen molar-refractivity contribution in [2.24, 2.45) is 0 Å². The zero-order chi connectivity index (χ0) is 24.3. The normalized spacial score (nSPS) is 11.8. The van der Waals surface area contributed by atoms with Gasteiger partial charge in [-0.05, 0) is 36.4 Å². The molecule has 0 radical (unpaired) electrons. The van der Waals surface area contributed by atoms with Crippen molar-refractivity contribution in [2.45, 2.75) is 0 Å². The lowest BCUT2D eigenvalue weighted by molar-refractivity contribution is 0.827. The summed E-state index contributed by atoms with van der Waals surface area (Å²) in [4.78, 5) is 28.4. The summed E-state index contributed by atoms with van der Waals surface area (Å²) in [5, 5.41) is 2.07. The first-order valence-corrected chi connectivity index (χ1v) is 11.8. The number of fused-ring (bicyclic) bond motifs is 6. The summed E-state index contributed by atoms with van der Waals surface area (Å²) in [7, 11) is 0. The molecule has 0 aliphatic rings. The average molecular weight is 480 g/mol. The third-order valence-electron chi connectivity index (χ3n) is 6.59. The topological polar surface area (TPSA) is 92.1 Å². The van der Waals surface area contributed by atoms with Crippen LogP contribution in [0.1, 0.15) is 0 Å². The summed E-state index contributed by atoms with van der Waals surface area (Å²) in [6.45, 7) is 0. The highest BCUT2D eigenvalue weighted by Crippen LogP contribution is 2.32. The molecule has 0 atom stereocenters. The van der Waals surface area contributed by atoms with E-state index in [1.165, 1.54) is 0 Å². The molecule has 0 amide bonds. The number of nitrogens with zero attached hydrogens (tertiary/aromatic N) is 9. The lowest BCUT2D eigenvalue weighted by Gasteiger charge is -2.12. The molecule has 0 N–H and O–H groups in total. The van der Waals surface area contributed by atoms with Crippen LogP contribution < -0.4 is 0 Å². The highest BCUT2D eigenvalue weighted by Gasteiger charge is 2.20. The smallest absolute Gasteiger partial charge is 0.241 e. The van der Waals surface area contributed by atoms with E-state index in [0.717, 1.165) is 43.9 Å². The van der Waals surface area contributed by atoms with Gasteiger partial charge in [0.25, 0.3) is 0 Å². The number of benzene rings is 2. The molecule has 0 spiro atoms. The largest absolute Gasteiger partial charge is 0.276 e. The van der Waals surface area contributed by atoms with Crippen LogP contribution in [0.3, 0.4) is 0 Å². The molecule has 0 saturated carbocycles. The van der Waals surface area contributed by atoms with Crippen molar-refractivity contribution in [2.75, 3.05) is 0 Å². The van der Waals surface area contributed by atoms with Crippen LogP contribution in [0.4, 0.5) is 0 Å². The maximum absolute atomic E-state index is 5.04. The van der Waals surface area contributed by atoms with Gasteiger partial charge in [-0.15, -0.1) is 0 Å². The second kappa shape index (κ2) is 7.53. The molecule has 2 aromatic carbocycles. The van der Waals surface area contributed by atoms with Gasteiger partial charge in [-0.25, -0.2) is 4.98 Å². The molecule has 174 valence electrons. The van der Waals surface area contributed by atoms with Gasteiger partial charge in [0.15, 0.2) is 0 Å². The highest BCUT2D eigenvalue weighted by atomic mass is 15.3. The summed E-state index contributed by atoms with van der Waals surface area (Å²) in [5.41, 5.74) is 5.56. The third kappa shape index (κ3) is 2.85. The number of hydrogen-bond acceptors (Lipinski definition) is 6. The maximum Gasteiger partial charge on any atom is 0.241 e. The van der Waals surface area contributed by atoms with E-state index in [1.807, 2.05) is 63.9 Å². The van der Waals surface area contributed by atoms with Gasteiger partial charge in [-0.2, -0.15) is 15.0 Å². The Kier molecular flexibility index (Phi) is 4.03. The van der Waals surface area contributed by atoms with Crippen molar-refractivity contribution in [1.29, 1.82) is 0 Å². The monoisotopic (exact) mass is 479 g/mol. The highest BCUT2D eigenvalue weighted by molar-refractivity contribution is 6.07. The van der Waals surface area contributed by atoms with Crippen molar-refractivity contribution < 1.29 is 0 Å². The van der Waals surface area contributed by atoms with Crippen molar-refractivity contribution in [3.63, 3.8) is 0 Å². The molecule has 8 aromatic rings. The van der Waals surface area contributed by atoms with Crippen LogP contribution >= 0.6 is 0 Å². The number of rotatable bonds is 3. The zero-order valence-corrected chi connectivity index (χ0v) is 19.3. The molecule has 9 heteroatoms. The molecule has 0 saturated heterocycles. The Morgan fingerprint density at radius 1 is 0.486 bits per heavy atom. The first-order valence-electron chi connectivity index (χ1n) is 11.8. The van der Waals surface area contributed by atoms with E-state index >= 15 is 0 Å². The number of para-hydroxylation sites is 2. The predicted octanol–water partition coefficient (Wildman–Crippen LogP) is 5.04. The van der Waals surface area contributed by atoms with Gasteiger partial charge in [-0.1, -0.05) is 36.4 Å². The fourth-order valence-corrected chi connectivity index (χ4v) is 5.03. The molecule has 9 nitrogen and oxygen atoms in total. The lowest BCUT2D eigenvalue weighted by atomic mass is 10.2. The van der Waals surface area contributed by atoms with Gasteiger partial charge < -0.3 is 0 Å². The summed E-state index contributed by atoms with van der Waals surface area (Å²) in [6.07, 6.45) is 8.82. The molecule has 0 bridgehead atoms. The summed E-state index contributed by atoms with van der Waals surface area (Å²) in [5.74, 6) is 1.44. The van der Waals surface area contributed by atoms with Crippen LogP contribution in [0.2, 0.25) is 0 Å². The fourth-order valence-electron chi connectivity index (χ4n) is 5.03. The van der Waals surface area contributed by atoms with Crippen LogP contribution in [-0.4, -0.2) is 43.6 Å². The van der Waals surface area contributed by atoms with Gasteiger partial charge in [-0.3, -0.25) is 23.7 Å². The van der Waals surface area contributed by atoms with E-state index in [0.29, 0.717) is 17.8 Å². The van der Waals surface area contributed by atoms with Crippen LogP contribution in [0, 0.1) is 0 Å². The quantitative estimate of drug-likeness (QED) is 0.352. The van der Waals surface area contributed by atoms with Crippen molar-refractivity contribution >= 4 is 43.9 Å². The Labute approximate surface area is 209 Å². The van der Waals surface area contributed by atoms with E-state index in [-0.39, 0.29) is 0 Å². The SMILES string of the molecule is c1ccc2c(c1)c1ncccc1n2-c1nc(-n2ccnc2)nc(-n2c3ccccc3c3ncccc32)n1. The van der Waals surface area contributed by atoms with Crippen molar-refractivity contribution in [3.05, 3.63) is 104 Å². The molecule has 0 unspecified atom stereocenters. The van der Waals surface area contributed by atoms with Gasteiger partial charge in [0, 0.05) is 35.6 Å². The first kappa shape index (κ1) is 19.8. The van der Waals surface area contributed by atoms with E-state index in [9.17, 15) is 0 Å². The molecule has 8 rings (SSSR count). The van der Waals surface area contributed by atoms with Gasteiger partial charge >= 0.3 is 0 Å². The van der Waals surface area contributed by atoms with Crippen LogP contribution in [0.25, 0.3) is 61.7 Å². The van der Waals surface area contributed by atoms with Gasteiger partial charge in [0.2, 0.25) is 17.8 Å². The standard InChI is InChI=1S/C28H17N9/c1-3-9-20-18(7-1)24-22(11-5-13-30-24)36(20)27-32-26(35-16-15-29-17-35)33-28(34-27)37-21-10-4-2-8-19(21)25-23(37)12-6-14-31-25/h1-17H. The first-order chi connectivity index (χ1) is 18.4. The Balaban J connectivity index is 1.51. The van der Waals surface area contributed by atoms with Crippen LogP contribution in [-0.2, 0) is 0 Å². The Hall–Kier alpha value is -5.44. The van der Waals surface area contributed by atoms with E-state index < -0.39 is 0 Å². The van der Waals surface area contributed by atoms with Gasteiger partial charge in [0.05, 0.1) is 33.1 Å². The lowest BCUT2D eigenvalue weighted by Crippen LogP contribution is -2.12. The van der Waals surface area contributed by atoms with E-state index in [4.69, 9.17) is 15.0 Å². The summed E-state index contributed by atoms with van der Waals surface area (Å²) in [6, 6.07) is 24.2. The third-order valence-corrected chi connectivity index (χ3v) is 6.59. The molecular formula is C28H17N9. The Bertz CT molecular complexity index is 1860. The molecule has 6 heterocycles. The molecule has 0 aliphatic carbocycles. The Morgan fingerprint density at radius 2 is 1.00 bits per heavy atom. The van der Waals surface area contributed by atoms with Gasteiger partial charge in [0.1, 0.15) is 6.33 Å². The molecule has 37 heavy (non-hydrogen) atoms. The molecule has 6 aromatic heterocycles. The summed E-state index contributed by atoms with van der Waals surface area (Å²) >= 11 is 0. The maximum atomic E-state index is 5.04. The number of aromatic nitrogens is 9. The number of hydrogen-bond donors (Lipinski definition) is 0. The van der Waals surface area contributed by atoms with E-state index in [2.05, 4.69) is 39.2 Å². The van der Waals surface area contributed by atoms with Crippen LogP contribution in [0.5, 0.6) is 0 Å². The minimum atomic E-state index is 0.460. The number of imidazole rings is 1. The minimum absolute atomic E-state index is 0.460. The van der Waals surface area contributed by atoms with Crippen molar-refractivity contribution in [3.8, 4) is 17.8 Å². The molecule has 0 fully saturated rings. The minimum Gasteiger partial charge on any atom is -0.276 e. The van der Waals surface area contributed by atoms with Crippen LogP contribution in [0.15, 0.2) is 104 Å². The zero-order valence-electron chi connectivity index (χ0n) is 19.3. The molecular weight excluding hydrogens is 462 g/mol. The predicted molar refractivity (Wildman–Crippen MR) is 141 cm³/mol.